The first-order valence-electron chi connectivity index (χ1n) is 6.04. The van der Waals surface area contributed by atoms with Gasteiger partial charge in [0.1, 0.15) is 0 Å². The molecule has 0 amide bonds. The number of benzene rings is 1. The summed E-state index contributed by atoms with van der Waals surface area (Å²) in [7, 11) is 1.42. The van der Waals surface area contributed by atoms with Crippen LogP contribution < -0.4 is 5.32 Å². The maximum absolute atomic E-state index is 11.0. The lowest BCUT2D eigenvalue weighted by Crippen LogP contribution is -2.24. The molecule has 0 aliphatic carbocycles. The van der Waals surface area contributed by atoms with Gasteiger partial charge in [-0.3, -0.25) is 4.79 Å². The summed E-state index contributed by atoms with van der Waals surface area (Å²) in [4.78, 5) is 11.0. The Morgan fingerprint density at radius 1 is 1.35 bits per heavy atom. The van der Waals surface area contributed by atoms with Crippen LogP contribution in [0.3, 0.4) is 0 Å². The van der Waals surface area contributed by atoms with E-state index in [0.29, 0.717) is 19.0 Å². The van der Waals surface area contributed by atoms with Crippen LogP contribution in [0.5, 0.6) is 0 Å². The zero-order valence-corrected chi connectivity index (χ0v) is 10.8. The van der Waals surface area contributed by atoms with E-state index >= 15 is 0 Å². The molecule has 0 bridgehead atoms. The van der Waals surface area contributed by atoms with Crippen molar-refractivity contribution < 1.29 is 9.53 Å². The highest BCUT2D eigenvalue weighted by Gasteiger charge is 2.09. The van der Waals surface area contributed by atoms with Gasteiger partial charge in [-0.25, -0.2) is 0 Å². The smallest absolute Gasteiger partial charge is 0.306 e. The molecule has 0 aliphatic rings. The molecule has 1 rings (SSSR count). The Balaban J connectivity index is 2.48. The molecule has 0 fully saturated rings. The maximum atomic E-state index is 11.0. The topological polar surface area (TPSA) is 38.3 Å². The molecule has 3 nitrogen and oxygen atoms in total. The van der Waals surface area contributed by atoms with Gasteiger partial charge in [0.15, 0.2) is 0 Å². The Morgan fingerprint density at radius 3 is 2.53 bits per heavy atom. The maximum Gasteiger partial charge on any atom is 0.306 e. The summed E-state index contributed by atoms with van der Waals surface area (Å²) in [5, 5.41) is 3.37. The van der Waals surface area contributed by atoms with E-state index in [1.165, 1.54) is 18.2 Å². The number of hydrogen-bond donors (Lipinski definition) is 1. The molecule has 0 heterocycles. The Hall–Kier alpha value is -1.35. The molecule has 17 heavy (non-hydrogen) atoms. The molecule has 94 valence electrons. The van der Waals surface area contributed by atoms with Gasteiger partial charge in [-0.1, -0.05) is 36.8 Å². The lowest BCUT2D eigenvalue weighted by molar-refractivity contribution is -0.140. The quantitative estimate of drug-likeness (QED) is 0.770. The minimum Gasteiger partial charge on any atom is -0.469 e. The normalized spacial score (nSPS) is 12.2. The van der Waals surface area contributed by atoms with Crippen LogP contribution in [0.2, 0.25) is 0 Å². The third-order valence-corrected chi connectivity index (χ3v) is 2.84. The van der Waals surface area contributed by atoms with Gasteiger partial charge in [-0.15, -0.1) is 0 Å². The summed E-state index contributed by atoms with van der Waals surface area (Å²) in [6.45, 7) is 4.87. The predicted molar refractivity (Wildman–Crippen MR) is 68.8 cm³/mol. The van der Waals surface area contributed by atoms with Crippen molar-refractivity contribution in [2.45, 2.75) is 32.7 Å². The third-order valence-electron chi connectivity index (χ3n) is 2.84. The van der Waals surface area contributed by atoms with Crippen LogP contribution in [0.15, 0.2) is 24.3 Å². The number of hydrogen-bond acceptors (Lipinski definition) is 3. The van der Waals surface area contributed by atoms with Crippen LogP contribution >= 0.6 is 0 Å². The number of ether oxygens (including phenoxy) is 1. The molecule has 0 saturated carbocycles. The number of carbonyl (C=O) groups excluding carboxylic acids is 1. The molecule has 0 spiro atoms. The molecule has 1 atom stereocenters. The van der Waals surface area contributed by atoms with Crippen molar-refractivity contribution in [3.63, 3.8) is 0 Å². The first-order chi connectivity index (χ1) is 8.17. The molecule has 3 heteroatoms. The number of methoxy groups -OCH3 is 1. The third kappa shape index (κ3) is 4.57. The van der Waals surface area contributed by atoms with Gasteiger partial charge in [-0.05, 0) is 18.9 Å². The Kier molecular flexibility index (Phi) is 5.70. The zero-order valence-electron chi connectivity index (χ0n) is 10.8. The first kappa shape index (κ1) is 13.7. The van der Waals surface area contributed by atoms with Gasteiger partial charge in [0, 0.05) is 12.6 Å². The highest BCUT2D eigenvalue weighted by atomic mass is 16.5. The second kappa shape index (κ2) is 7.07. The van der Waals surface area contributed by atoms with Crippen molar-refractivity contribution in [1.82, 2.24) is 5.32 Å². The molecular formula is C14H21NO2. The van der Waals surface area contributed by atoms with Gasteiger partial charge >= 0.3 is 5.97 Å². The number of nitrogens with one attached hydrogen (secondary N) is 1. The second-order valence-corrected chi connectivity index (χ2v) is 4.15. The van der Waals surface area contributed by atoms with E-state index in [1.54, 1.807) is 0 Å². The molecular weight excluding hydrogens is 214 g/mol. The summed E-state index contributed by atoms with van der Waals surface area (Å²) < 4.78 is 4.61. The second-order valence-electron chi connectivity index (χ2n) is 4.15. The molecule has 0 saturated heterocycles. The zero-order chi connectivity index (χ0) is 12.7. The summed E-state index contributed by atoms with van der Waals surface area (Å²) in [6.07, 6.45) is 1.42. The molecule has 1 unspecified atom stereocenters. The lowest BCUT2D eigenvalue weighted by atomic mass is 10.0. The minimum atomic E-state index is -0.170. The molecule has 1 aromatic rings. The van der Waals surface area contributed by atoms with Crippen molar-refractivity contribution in [3.05, 3.63) is 35.4 Å². The predicted octanol–water partition coefficient (Wildman–Crippen LogP) is 2.60. The fraction of sp³-hybridized carbons (Fsp3) is 0.500. The van der Waals surface area contributed by atoms with Gasteiger partial charge in [-0.2, -0.15) is 0 Å². The highest BCUT2D eigenvalue weighted by Crippen LogP contribution is 2.16. The number of rotatable bonds is 6. The van der Waals surface area contributed by atoms with Crippen molar-refractivity contribution in [2.75, 3.05) is 13.7 Å². The SMILES string of the molecule is CCC(NCCC(=O)OC)c1ccc(C)cc1. The average Bonchev–Trinajstić information content (AvgIpc) is 2.35. The van der Waals surface area contributed by atoms with E-state index in [-0.39, 0.29) is 5.97 Å². The van der Waals surface area contributed by atoms with Gasteiger partial charge in [0.05, 0.1) is 13.5 Å². The van der Waals surface area contributed by atoms with E-state index < -0.39 is 0 Å². The summed E-state index contributed by atoms with van der Waals surface area (Å²) in [5.74, 6) is -0.170. The van der Waals surface area contributed by atoms with E-state index in [9.17, 15) is 4.79 Å². The van der Waals surface area contributed by atoms with E-state index in [4.69, 9.17) is 0 Å². The van der Waals surface area contributed by atoms with Crippen molar-refractivity contribution in [1.29, 1.82) is 0 Å². The van der Waals surface area contributed by atoms with Crippen molar-refractivity contribution in [3.8, 4) is 0 Å². The molecule has 1 N–H and O–H groups in total. The average molecular weight is 235 g/mol. The van der Waals surface area contributed by atoms with Gasteiger partial charge < -0.3 is 10.1 Å². The monoisotopic (exact) mass is 235 g/mol. The van der Waals surface area contributed by atoms with E-state index in [0.717, 1.165) is 6.42 Å². The standard InChI is InChI=1S/C14H21NO2/c1-4-13(15-10-9-14(16)17-3)12-7-5-11(2)6-8-12/h5-8,13,15H,4,9-10H2,1-3H3. The van der Waals surface area contributed by atoms with E-state index in [2.05, 4.69) is 48.2 Å². The van der Waals surface area contributed by atoms with Crippen molar-refractivity contribution in [2.24, 2.45) is 0 Å². The first-order valence-corrected chi connectivity index (χ1v) is 6.04. The van der Waals surface area contributed by atoms with Gasteiger partial charge in [0.2, 0.25) is 0 Å². The molecule has 0 radical (unpaired) electrons. The Labute approximate surface area is 103 Å². The molecule has 1 aromatic carbocycles. The Bertz CT molecular complexity index is 346. The van der Waals surface area contributed by atoms with Crippen LogP contribution in [0.4, 0.5) is 0 Å². The summed E-state index contributed by atoms with van der Waals surface area (Å²) >= 11 is 0. The van der Waals surface area contributed by atoms with Crippen LogP contribution in [0.1, 0.15) is 36.9 Å². The molecule has 0 aliphatic heterocycles. The highest BCUT2D eigenvalue weighted by molar-refractivity contribution is 5.69. The number of aryl methyl sites for hydroxylation is 1. The summed E-state index contributed by atoms with van der Waals surface area (Å²) in [5.41, 5.74) is 2.53. The minimum absolute atomic E-state index is 0.170. The summed E-state index contributed by atoms with van der Waals surface area (Å²) in [6, 6.07) is 8.80. The van der Waals surface area contributed by atoms with Crippen LogP contribution in [-0.4, -0.2) is 19.6 Å². The van der Waals surface area contributed by atoms with Crippen LogP contribution in [-0.2, 0) is 9.53 Å². The Morgan fingerprint density at radius 2 is 2.00 bits per heavy atom. The van der Waals surface area contributed by atoms with Gasteiger partial charge in [0.25, 0.3) is 0 Å². The number of esters is 1. The number of carbonyl (C=O) groups is 1. The lowest BCUT2D eigenvalue weighted by Gasteiger charge is -2.17. The van der Waals surface area contributed by atoms with Crippen LogP contribution in [0.25, 0.3) is 0 Å². The fourth-order valence-electron chi connectivity index (χ4n) is 1.75. The largest absolute Gasteiger partial charge is 0.469 e. The van der Waals surface area contributed by atoms with E-state index in [1.807, 2.05) is 0 Å². The fourth-order valence-corrected chi connectivity index (χ4v) is 1.75. The molecule has 0 aromatic heterocycles. The van der Waals surface area contributed by atoms with Crippen molar-refractivity contribution >= 4 is 5.97 Å². The van der Waals surface area contributed by atoms with Crippen LogP contribution in [0, 0.1) is 6.92 Å².